The molecule has 0 bridgehead atoms. The number of hydrogen-bond donors (Lipinski definition) is 0. The van der Waals surface area contributed by atoms with Crippen molar-refractivity contribution in [1.82, 2.24) is 9.13 Å². The van der Waals surface area contributed by atoms with Gasteiger partial charge in [0.25, 0.3) is 0 Å². The van der Waals surface area contributed by atoms with E-state index < -0.39 is 0 Å². The highest BCUT2D eigenvalue weighted by Gasteiger charge is 2.22. The molecule has 0 unspecified atom stereocenters. The quantitative estimate of drug-likeness (QED) is 0.181. The molecule has 0 radical (unpaired) electrons. The van der Waals surface area contributed by atoms with Crippen molar-refractivity contribution >= 4 is 49.3 Å². The van der Waals surface area contributed by atoms with Gasteiger partial charge in [0.2, 0.25) is 0 Å². The summed E-state index contributed by atoms with van der Waals surface area (Å²) in [4.78, 5) is 3.99. The Morgan fingerprint density at radius 1 is 0.480 bits per heavy atom. The molecule has 0 N–H and O–H groups in total. The lowest BCUT2D eigenvalue weighted by molar-refractivity contribution is 1.18. The third kappa shape index (κ3) is 4.24. The number of rotatable bonds is 4. The van der Waals surface area contributed by atoms with E-state index >= 15 is 0 Å². The smallest absolute Gasteiger partial charge is 0.195 e. The topological polar surface area (TPSA) is 61.8 Å². The van der Waals surface area contributed by atoms with Crippen LogP contribution in [0.1, 0.15) is 11.1 Å². The summed E-state index contributed by atoms with van der Waals surface area (Å²) >= 11 is 0. The van der Waals surface area contributed by atoms with Crippen LogP contribution in [-0.4, -0.2) is 9.13 Å². The number of nitriles is 2. The van der Waals surface area contributed by atoms with Crippen LogP contribution in [0.4, 0.5) is 5.69 Å². The lowest BCUT2D eigenvalue weighted by atomic mass is 9.90. The number of para-hydroxylation sites is 3. The molecule has 0 aliphatic rings. The monoisotopic (exact) mass is 635 g/mol. The van der Waals surface area contributed by atoms with Gasteiger partial charge in [-0.05, 0) is 77.4 Å². The first kappa shape index (κ1) is 28.8. The van der Waals surface area contributed by atoms with E-state index in [-0.39, 0.29) is 0 Å². The second-order valence-electron chi connectivity index (χ2n) is 12.2. The molecule has 0 spiro atoms. The maximum Gasteiger partial charge on any atom is 0.195 e. The van der Waals surface area contributed by atoms with Gasteiger partial charge in [-0.3, -0.25) is 0 Å². The van der Waals surface area contributed by atoms with Crippen LogP contribution in [0.15, 0.2) is 152 Å². The first-order chi connectivity index (χ1) is 24.7. The molecule has 9 aromatic rings. The number of aromatic nitrogens is 2. The van der Waals surface area contributed by atoms with Crippen molar-refractivity contribution in [3.05, 3.63) is 174 Å². The SMILES string of the molecule is [C-]#[N+]c1ccc(-n2c3ccccc3c3ccccc32)cc1-c1ccccc1-c1c(C#N)cccc1-n1c2ccccc2c2cc(C#N)ccc21. The van der Waals surface area contributed by atoms with Crippen molar-refractivity contribution in [2.24, 2.45) is 0 Å². The van der Waals surface area contributed by atoms with Gasteiger partial charge in [-0.1, -0.05) is 91.0 Å². The van der Waals surface area contributed by atoms with Gasteiger partial charge in [0.05, 0.1) is 57.6 Å². The fourth-order valence-electron chi connectivity index (χ4n) is 7.52. The van der Waals surface area contributed by atoms with Gasteiger partial charge in [-0.15, -0.1) is 0 Å². The summed E-state index contributed by atoms with van der Waals surface area (Å²) in [6.07, 6.45) is 0. The van der Waals surface area contributed by atoms with Crippen molar-refractivity contribution in [3.8, 4) is 45.8 Å². The van der Waals surface area contributed by atoms with Crippen molar-refractivity contribution in [2.75, 3.05) is 0 Å². The van der Waals surface area contributed by atoms with Crippen LogP contribution in [0.5, 0.6) is 0 Å². The van der Waals surface area contributed by atoms with Gasteiger partial charge in [0.15, 0.2) is 5.69 Å². The summed E-state index contributed by atoms with van der Waals surface area (Å²) in [5.74, 6) is 0. The average Bonchev–Trinajstić information content (AvgIpc) is 3.70. The van der Waals surface area contributed by atoms with Crippen LogP contribution in [0.25, 0.3) is 82.1 Å². The molecule has 0 fully saturated rings. The number of nitrogens with zero attached hydrogens (tertiary/aromatic N) is 5. The van der Waals surface area contributed by atoms with E-state index in [1.165, 1.54) is 10.8 Å². The fraction of sp³-hybridized carbons (Fsp3) is 0. The van der Waals surface area contributed by atoms with Gasteiger partial charge >= 0.3 is 0 Å². The highest BCUT2D eigenvalue weighted by atomic mass is 15.0. The molecular weight excluding hydrogens is 611 g/mol. The van der Waals surface area contributed by atoms with Crippen LogP contribution in [0.2, 0.25) is 0 Å². The minimum atomic E-state index is 0.525. The van der Waals surface area contributed by atoms with E-state index in [1.54, 1.807) is 0 Å². The molecule has 50 heavy (non-hydrogen) atoms. The second kappa shape index (κ2) is 11.4. The predicted molar refractivity (Wildman–Crippen MR) is 202 cm³/mol. The number of fused-ring (bicyclic) bond motifs is 6. The lowest BCUT2D eigenvalue weighted by Gasteiger charge is -2.19. The van der Waals surface area contributed by atoms with E-state index in [2.05, 4.69) is 92.8 Å². The Morgan fingerprint density at radius 2 is 1.08 bits per heavy atom. The van der Waals surface area contributed by atoms with Gasteiger partial charge in [0, 0.05) is 32.8 Å². The fourth-order valence-corrected chi connectivity index (χ4v) is 7.52. The number of benzene rings is 7. The Hall–Kier alpha value is -7.39. The van der Waals surface area contributed by atoms with Crippen molar-refractivity contribution in [3.63, 3.8) is 0 Å². The van der Waals surface area contributed by atoms with Crippen LogP contribution in [0.3, 0.4) is 0 Å². The second-order valence-corrected chi connectivity index (χ2v) is 12.2. The molecular formula is C45H25N5. The Balaban J connectivity index is 1.33. The molecule has 5 nitrogen and oxygen atoms in total. The maximum absolute atomic E-state index is 10.6. The predicted octanol–water partition coefficient (Wildman–Crippen LogP) is 11.5. The molecule has 2 heterocycles. The van der Waals surface area contributed by atoms with Crippen molar-refractivity contribution in [2.45, 2.75) is 0 Å². The van der Waals surface area contributed by atoms with Crippen LogP contribution in [-0.2, 0) is 0 Å². The largest absolute Gasteiger partial charge is 0.309 e. The molecule has 0 atom stereocenters. The molecule has 9 rings (SSSR count). The first-order valence-corrected chi connectivity index (χ1v) is 16.3. The summed E-state index contributed by atoms with van der Waals surface area (Å²) in [5, 5.41) is 24.6. The Morgan fingerprint density at radius 3 is 1.74 bits per heavy atom. The Kier molecular flexibility index (Phi) is 6.56. The zero-order chi connectivity index (χ0) is 33.8. The van der Waals surface area contributed by atoms with Crippen LogP contribution in [0, 0.1) is 29.2 Å². The molecule has 230 valence electrons. The first-order valence-electron chi connectivity index (χ1n) is 16.3. The zero-order valence-electron chi connectivity index (χ0n) is 26.7. The highest BCUT2D eigenvalue weighted by molar-refractivity contribution is 6.11. The third-order valence-electron chi connectivity index (χ3n) is 9.63. The van der Waals surface area contributed by atoms with Crippen molar-refractivity contribution in [1.29, 1.82) is 10.5 Å². The van der Waals surface area contributed by atoms with Gasteiger partial charge < -0.3 is 9.13 Å². The summed E-state index contributed by atoms with van der Waals surface area (Å²) in [6, 6.07) is 55.3. The Bertz CT molecular complexity index is 2920. The van der Waals surface area contributed by atoms with Crippen molar-refractivity contribution < 1.29 is 0 Å². The standard InChI is InChI=1S/C45H25N5/c1-48-39-23-22-31(49-40-17-7-4-13-33(40)34-14-5-8-18-41(34)49)26-37(39)32-12-2-3-16-36(32)45-30(28-47)11-10-20-44(45)50-42-19-9-6-15-35(42)38-25-29(27-46)21-24-43(38)50/h2-26H. The summed E-state index contributed by atoms with van der Waals surface area (Å²) < 4.78 is 4.44. The Labute approximate surface area is 288 Å². The van der Waals surface area contributed by atoms with E-state index in [9.17, 15) is 10.5 Å². The molecule has 0 amide bonds. The minimum absolute atomic E-state index is 0.525. The minimum Gasteiger partial charge on any atom is -0.309 e. The zero-order valence-corrected chi connectivity index (χ0v) is 26.7. The summed E-state index contributed by atoms with van der Waals surface area (Å²) in [6.45, 7) is 8.20. The van der Waals surface area contributed by atoms with Crippen LogP contribution < -0.4 is 0 Å². The summed E-state index contributed by atoms with van der Waals surface area (Å²) in [5.41, 5.74) is 10.8. The number of hydrogen-bond acceptors (Lipinski definition) is 2. The normalized spacial score (nSPS) is 11.1. The molecule has 0 aliphatic heterocycles. The van der Waals surface area contributed by atoms with E-state index in [4.69, 9.17) is 6.57 Å². The van der Waals surface area contributed by atoms with E-state index in [0.29, 0.717) is 16.8 Å². The molecule has 0 aliphatic carbocycles. The lowest BCUT2D eigenvalue weighted by Crippen LogP contribution is -2.01. The molecule has 0 saturated heterocycles. The molecule has 5 heteroatoms. The van der Waals surface area contributed by atoms with Gasteiger partial charge in [0.1, 0.15) is 0 Å². The molecule has 7 aromatic carbocycles. The maximum atomic E-state index is 10.6. The van der Waals surface area contributed by atoms with Gasteiger partial charge in [-0.2, -0.15) is 10.5 Å². The average molecular weight is 636 g/mol. The molecule has 0 saturated carbocycles. The van der Waals surface area contributed by atoms with E-state index in [0.717, 1.165) is 66.5 Å². The molecule has 2 aromatic heterocycles. The van der Waals surface area contributed by atoms with E-state index in [1.807, 2.05) is 84.9 Å². The third-order valence-corrected chi connectivity index (χ3v) is 9.63. The van der Waals surface area contributed by atoms with Gasteiger partial charge in [-0.25, -0.2) is 4.85 Å². The highest BCUT2D eigenvalue weighted by Crippen LogP contribution is 2.44. The summed E-state index contributed by atoms with van der Waals surface area (Å²) in [7, 11) is 0. The van der Waals surface area contributed by atoms with Crippen LogP contribution >= 0.6 is 0 Å².